The Morgan fingerprint density at radius 3 is 2.40 bits per heavy atom. The molecule has 0 unspecified atom stereocenters. The Hall–Kier alpha value is -0.650. The van der Waals surface area contributed by atoms with Crippen LogP contribution in [0, 0.1) is 0 Å². The van der Waals surface area contributed by atoms with Gasteiger partial charge in [-0.3, -0.25) is 4.79 Å². The van der Waals surface area contributed by atoms with Crippen molar-refractivity contribution in [2.75, 3.05) is 13.1 Å². The van der Waals surface area contributed by atoms with Gasteiger partial charge in [0, 0.05) is 6.54 Å². The highest BCUT2D eigenvalue weighted by atomic mass is 16.6. The molecule has 0 aromatic heterocycles. The molecule has 0 fully saturated rings. The van der Waals surface area contributed by atoms with Crippen LogP contribution in [0.15, 0.2) is 0 Å². The Bertz CT molecular complexity index is 195. The topological polar surface area (TPSA) is 104 Å². The molecule has 5 nitrogen and oxygen atoms in total. The van der Waals surface area contributed by atoms with E-state index in [4.69, 9.17) is 21.9 Å². The Morgan fingerprint density at radius 1 is 1.33 bits per heavy atom. The zero-order chi connectivity index (χ0) is 11.9. The maximum absolute atomic E-state index is 11.5. The van der Waals surface area contributed by atoms with Gasteiger partial charge in [0.2, 0.25) is 0 Å². The van der Waals surface area contributed by atoms with Crippen molar-refractivity contribution in [2.24, 2.45) is 17.2 Å². The third kappa shape index (κ3) is 6.43. The molecule has 0 heterocycles. The molecule has 0 aromatic rings. The van der Waals surface area contributed by atoms with Gasteiger partial charge in [0.25, 0.3) is 0 Å². The minimum absolute atomic E-state index is 0.286. The van der Waals surface area contributed by atoms with E-state index in [1.807, 2.05) is 0 Å². The number of hydrogen-bond acceptors (Lipinski definition) is 5. The van der Waals surface area contributed by atoms with E-state index in [-0.39, 0.29) is 12.5 Å². The number of ether oxygens (including phenoxy) is 1. The molecule has 90 valence electrons. The summed E-state index contributed by atoms with van der Waals surface area (Å²) in [4.78, 5) is 11.5. The highest BCUT2D eigenvalue weighted by molar-refractivity contribution is 5.75. The second-order valence-electron chi connectivity index (χ2n) is 4.28. The predicted octanol–water partition coefficient (Wildman–Crippen LogP) is -0.277. The van der Waals surface area contributed by atoms with Gasteiger partial charge in [-0.05, 0) is 33.2 Å². The van der Waals surface area contributed by atoms with E-state index >= 15 is 0 Å². The van der Waals surface area contributed by atoms with Crippen LogP contribution in [0.4, 0.5) is 0 Å². The molecule has 0 aliphatic rings. The summed E-state index contributed by atoms with van der Waals surface area (Å²) in [6.45, 7) is 4.43. The Morgan fingerprint density at radius 2 is 1.93 bits per heavy atom. The highest BCUT2D eigenvalue weighted by Gasteiger charge is 2.24. The largest absolute Gasteiger partial charge is 0.457 e. The van der Waals surface area contributed by atoms with Crippen LogP contribution in [0.3, 0.4) is 0 Å². The van der Waals surface area contributed by atoms with E-state index in [2.05, 4.69) is 0 Å². The number of carbonyl (C=O) groups excluding carboxylic acids is 1. The number of carbonyl (C=O) groups is 1. The first-order valence-corrected chi connectivity index (χ1v) is 5.31. The Kier molecular flexibility index (Phi) is 6.47. The molecule has 0 radical (unpaired) electrons. The smallest absolute Gasteiger partial charge is 0.323 e. The maximum atomic E-state index is 11.5. The molecule has 0 rings (SSSR count). The molecule has 0 saturated heterocycles. The van der Waals surface area contributed by atoms with Gasteiger partial charge in [0.05, 0.1) is 0 Å². The fourth-order valence-electron chi connectivity index (χ4n) is 1.02. The zero-order valence-electron chi connectivity index (χ0n) is 9.66. The lowest BCUT2D eigenvalue weighted by Gasteiger charge is -2.24. The second kappa shape index (κ2) is 6.76. The van der Waals surface area contributed by atoms with Gasteiger partial charge in [0.1, 0.15) is 11.6 Å². The van der Waals surface area contributed by atoms with Crippen molar-refractivity contribution in [1.82, 2.24) is 0 Å². The number of nitrogens with two attached hydrogens (primary N) is 3. The van der Waals surface area contributed by atoms with Crippen LogP contribution < -0.4 is 17.2 Å². The van der Waals surface area contributed by atoms with E-state index in [0.29, 0.717) is 13.0 Å². The van der Waals surface area contributed by atoms with Crippen LogP contribution in [0.1, 0.15) is 33.1 Å². The summed E-state index contributed by atoms with van der Waals surface area (Å²) in [7, 11) is 0. The van der Waals surface area contributed by atoms with Gasteiger partial charge in [-0.25, -0.2) is 0 Å². The molecular weight excluding hydrogens is 194 g/mol. The van der Waals surface area contributed by atoms with Crippen molar-refractivity contribution < 1.29 is 9.53 Å². The summed E-state index contributed by atoms with van der Waals surface area (Å²) in [5, 5.41) is 0. The normalized spacial score (nSPS) is 13.7. The van der Waals surface area contributed by atoms with Gasteiger partial charge < -0.3 is 21.9 Å². The van der Waals surface area contributed by atoms with E-state index in [1.54, 1.807) is 13.8 Å². The molecule has 1 atom stereocenters. The third-order valence-electron chi connectivity index (χ3n) is 2.14. The first-order chi connectivity index (χ1) is 6.93. The molecule has 5 heteroatoms. The van der Waals surface area contributed by atoms with Crippen LogP contribution in [0.25, 0.3) is 0 Å². The number of unbranched alkanes of at least 4 members (excludes halogenated alkanes) is 1. The molecule has 0 aliphatic heterocycles. The van der Waals surface area contributed by atoms with Crippen LogP contribution in [0.2, 0.25) is 0 Å². The van der Waals surface area contributed by atoms with E-state index in [1.165, 1.54) is 0 Å². The average molecular weight is 217 g/mol. The lowest BCUT2D eigenvalue weighted by Crippen LogP contribution is -2.42. The van der Waals surface area contributed by atoms with Gasteiger partial charge in [-0.15, -0.1) is 0 Å². The predicted molar refractivity (Wildman–Crippen MR) is 60.1 cm³/mol. The van der Waals surface area contributed by atoms with Crippen molar-refractivity contribution in [3.63, 3.8) is 0 Å². The fourth-order valence-corrected chi connectivity index (χ4v) is 1.02. The first-order valence-electron chi connectivity index (χ1n) is 5.31. The Labute approximate surface area is 91.3 Å². The summed E-state index contributed by atoms with van der Waals surface area (Å²) >= 11 is 0. The Balaban J connectivity index is 3.88. The van der Waals surface area contributed by atoms with E-state index < -0.39 is 11.6 Å². The molecule has 0 aromatic carbocycles. The van der Waals surface area contributed by atoms with Crippen LogP contribution in [-0.4, -0.2) is 30.7 Å². The van der Waals surface area contributed by atoms with Crippen molar-refractivity contribution in [2.45, 2.75) is 44.8 Å². The standard InChI is InChI=1S/C10H23N3O2/c1-10(2,7-12)15-9(14)8(13)5-3-4-6-11/h8H,3-7,11-13H2,1-2H3/t8-/m0/s1. The summed E-state index contributed by atoms with van der Waals surface area (Å²) in [5.74, 6) is -0.387. The number of rotatable bonds is 7. The number of esters is 1. The van der Waals surface area contributed by atoms with Gasteiger partial charge in [-0.2, -0.15) is 0 Å². The van der Waals surface area contributed by atoms with Gasteiger partial charge in [-0.1, -0.05) is 6.42 Å². The molecule has 6 N–H and O–H groups in total. The summed E-state index contributed by atoms with van der Waals surface area (Å²) in [6, 6.07) is -0.567. The van der Waals surface area contributed by atoms with Crippen LogP contribution >= 0.6 is 0 Å². The molecular formula is C10H23N3O2. The van der Waals surface area contributed by atoms with Crippen LogP contribution in [0.5, 0.6) is 0 Å². The highest BCUT2D eigenvalue weighted by Crippen LogP contribution is 2.09. The van der Waals surface area contributed by atoms with Crippen LogP contribution in [-0.2, 0) is 9.53 Å². The summed E-state index contributed by atoms with van der Waals surface area (Å²) < 4.78 is 5.16. The van der Waals surface area contributed by atoms with Crippen molar-refractivity contribution in [3.05, 3.63) is 0 Å². The molecule has 0 saturated carbocycles. The monoisotopic (exact) mass is 217 g/mol. The lowest BCUT2D eigenvalue weighted by molar-refractivity contribution is -0.157. The molecule has 15 heavy (non-hydrogen) atoms. The SMILES string of the molecule is CC(C)(CN)OC(=O)[C@@H](N)CCCCN. The van der Waals surface area contributed by atoms with Crippen molar-refractivity contribution in [1.29, 1.82) is 0 Å². The van der Waals surface area contributed by atoms with E-state index in [9.17, 15) is 4.79 Å². The quantitative estimate of drug-likeness (QED) is 0.402. The molecule has 0 amide bonds. The third-order valence-corrected chi connectivity index (χ3v) is 2.14. The summed E-state index contributed by atoms with van der Waals surface area (Å²) in [6.07, 6.45) is 2.33. The molecule has 0 aliphatic carbocycles. The van der Waals surface area contributed by atoms with Crippen molar-refractivity contribution in [3.8, 4) is 0 Å². The molecule has 0 spiro atoms. The minimum Gasteiger partial charge on any atom is -0.457 e. The van der Waals surface area contributed by atoms with Crippen molar-refractivity contribution >= 4 is 5.97 Å². The fraction of sp³-hybridized carbons (Fsp3) is 0.900. The summed E-state index contributed by atoms with van der Waals surface area (Å²) in [5.41, 5.74) is 15.8. The first kappa shape index (κ1) is 14.3. The number of hydrogen-bond donors (Lipinski definition) is 3. The lowest BCUT2D eigenvalue weighted by atomic mass is 10.1. The zero-order valence-corrected chi connectivity index (χ0v) is 9.66. The minimum atomic E-state index is -0.636. The van der Waals surface area contributed by atoms with E-state index in [0.717, 1.165) is 12.8 Å². The molecule has 0 bridgehead atoms. The van der Waals surface area contributed by atoms with Gasteiger partial charge >= 0.3 is 5.97 Å². The average Bonchev–Trinajstić information content (AvgIpc) is 2.17. The maximum Gasteiger partial charge on any atom is 0.323 e. The second-order valence-corrected chi connectivity index (χ2v) is 4.28. The van der Waals surface area contributed by atoms with Gasteiger partial charge in [0.15, 0.2) is 0 Å².